The van der Waals surface area contributed by atoms with Gasteiger partial charge in [0.25, 0.3) is 0 Å². The molecule has 1 aliphatic heterocycles. The molecule has 4 rings (SSSR count). The van der Waals surface area contributed by atoms with E-state index in [1.807, 2.05) is 55.5 Å². The van der Waals surface area contributed by atoms with Crippen LogP contribution in [0.2, 0.25) is 0 Å². The van der Waals surface area contributed by atoms with E-state index in [4.69, 9.17) is 13.9 Å². The van der Waals surface area contributed by atoms with Crippen LogP contribution in [0.4, 0.5) is 4.79 Å². The summed E-state index contributed by atoms with van der Waals surface area (Å²) in [5, 5.41) is 2.52. The predicted molar refractivity (Wildman–Crippen MR) is 125 cm³/mol. The van der Waals surface area contributed by atoms with Gasteiger partial charge < -0.3 is 23.9 Å². The van der Waals surface area contributed by atoms with Gasteiger partial charge in [0.1, 0.15) is 24.1 Å². The lowest BCUT2D eigenvalue weighted by molar-refractivity contribution is -0.135. The molecule has 8 nitrogen and oxygen atoms in total. The summed E-state index contributed by atoms with van der Waals surface area (Å²) < 4.78 is 21.8. The van der Waals surface area contributed by atoms with E-state index in [1.54, 1.807) is 7.11 Å². The summed E-state index contributed by atoms with van der Waals surface area (Å²) in [5.74, 6) is 2.12. The Kier molecular flexibility index (Phi) is 7.47. The summed E-state index contributed by atoms with van der Waals surface area (Å²) in [6.45, 7) is 2.15. The van der Waals surface area contributed by atoms with Crippen LogP contribution in [0.5, 0.6) is 11.5 Å². The van der Waals surface area contributed by atoms with Crippen LogP contribution < -0.4 is 14.8 Å². The second kappa shape index (κ2) is 10.9. The molecule has 1 aromatic heterocycles. The maximum absolute atomic E-state index is 11.5. The van der Waals surface area contributed by atoms with Crippen molar-refractivity contribution in [2.24, 2.45) is 0 Å². The number of aryl methyl sites for hydroxylation is 2. The molecule has 1 N–H and O–H groups in total. The first-order chi connectivity index (χ1) is 16.5. The molecule has 0 saturated carbocycles. The molecule has 1 saturated heterocycles. The van der Waals surface area contributed by atoms with E-state index in [1.165, 1.54) is 0 Å². The summed E-state index contributed by atoms with van der Waals surface area (Å²) in [6.07, 6.45) is 3.55. The number of unbranched alkanes of at least 4 members (excludes halogenated alkanes) is 2. The number of carbonyl (C=O) groups excluding carboxylic acids is 2. The Morgan fingerprint density at radius 2 is 1.85 bits per heavy atom. The number of ether oxygens (including phenoxy) is 3. The number of nitrogens with one attached hydrogen (secondary N) is 1. The Hall–Kier alpha value is -3.81. The largest absolute Gasteiger partial charge is 0.493 e. The van der Waals surface area contributed by atoms with Crippen LogP contribution in [-0.2, 0) is 22.6 Å². The molecule has 1 atom stereocenters. The van der Waals surface area contributed by atoms with Crippen LogP contribution in [0, 0.1) is 6.92 Å². The Bertz CT molecular complexity index is 1140. The second-order valence-corrected chi connectivity index (χ2v) is 8.17. The minimum Gasteiger partial charge on any atom is -0.493 e. The van der Waals surface area contributed by atoms with Gasteiger partial charge in [0.15, 0.2) is 11.5 Å². The van der Waals surface area contributed by atoms with Crippen LogP contribution in [0.15, 0.2) is 52.9 Å². The van der Waals surface area contributed by atoms with E-state index >= 15 is 0 Å². The number of hydrogen-bond acceptors (Lipinski definition) is 7. The van der Waals surface area contributed by atoms with Gasteiger partial charge in [-0.1, -0.05) is 37.1 Å². The predicted octanol–water partition coefficient (Wildman–Crippen LogP) is 4.98. The van der Waals surface area contributed by atoms with Crippen molar-refractivity contribution in [2.45, 2.75) is 51.7 Å². The van der Waals surface area contributed by atoms with Gasteiger partial charge in [-0.25, -0.2) is 14.6 Å². The fourth-order valence-electron chi connectivity index (χ4n) is 3.84. The summed E-state index contributed by atoms with van der Waals surface area (Å²) in [7, 11) is 1.62. The standard InChI is InChI=1S/C26H28N2O6/c1-17-21(27-24(33-17)19-10-6-4-7-11-19)16-32-22-14-13-18(15-23(22)31-2)9-5-3-8-12-20-25(29)34-26(30)28-20/h4,6-7,10-11,13-15,20H,3,5,8-9,12,16H2,1-2H3,(H,28,30). The summed E-state index contributed by atoms with van der Waals surface area (Å²) in [5.41, 5.74) is 2.81. The number of amides is 1. The Labute approximate surface area is 198 Å². The first kappa shape index (κ1) is 23.4. The van der Waals surface area contributed by atoms with Crippen LogP contribution in [0.3, 0.4) is 0 Å². The molecular formula is C26H28N2O6. The highest BCUT2D eigenvalue weighted by molar-refractivity contribution is 5.95. The van der Waals surface area contributed by atoms with Crippen molar-refractivity contribution in [1.82, 2.24) is 10.3 Å². The van der Waals surface area contributed by atoms with Crippen LogP contribution in [-0.4, -0.2) is 30.2 Å². The molecule has 0 aliphatic carbocycles. The highest BCUT2D eigenvalue weighted by Gasteiger charge is 2.31. The monoisotopic (exact) mass is 464 g/mol. The van der Waals surface area contributed by atoms with Gasteiger partial charge in [-0.05, 0) is 56.0 Å². The number of hydrogen-bond donors (Lipinski definition) is 1. The summed E-state index contributed by atoms with van der Waals surface area (Å²) in [6, 6.07) is 15.2. The molecule has 1 unspecified atom stereocenters. The van der Waals surface area contributed by atoms with E-state index in [9.17, 15) is 9.59 Å². The van der Waals surface area contributed by atoms with Crippen molar-refractivity contribution in [3.05, 3.63) is 65.5 Å². The van der Waals surface area contributed by atoms with Gasteiger partial charge in [0.05, 0.1) is 7.11 Å². The maximum Gasteiger partial charge on any atom is 0.415 e. The minimum absolute atomic E-state index is 0.276. The third-order valence-corrected chi connectivity index (χ3v) is 5.73. The van der Waals surface area contributed by atoms with Crippen LogP contribution >= 0.6 is 0 Å². The third-order valence-electron chi connectivity index (χ3n) is 5.73. The molecule has 8 heteroatoms. The van der Waals surface area contributed by atoms with Gasteiger partial charge in [0.2, 0.25) is 5.89 Å². The van der Waals surface area contributed by atoms with Crippen molar-refractivity contribution >= 4 is 12.1 Å². The number of rotatable bonds is 11. The highest BCUT2D eigenvalue weighted by Crippen LogP contribution is 2.30. The van der Waals surface area contributed by atoms with E-state index in [0.29, 0.717) is 23.8 Å². The normalized spacial score (nSPS) is 15.2. The molecule has 2 heterocycles. The first-order valence-electron chi connectivity index (χ1n) is 11.4. The number of oxazole rings is 1. The minimum atomic E-state index is -0.653. The quantitative estimate of drug-likeness (QED) is 0.243. The lowest BCUT2D eigenvalue weighted by atomic mass is 10.0. The average Bonchev–Trinajstić information content (AvgIpc) is 3.38. The maximum atomic E-state index is 11.5. The number of benzene rings is 2. The number of esters is 1. The zero-order valence-electron chi connectivity index (χ0n) is 19.3. The van der Waals surface area contributed by atoms with Gasteiger partial charge in [-0.15, -0.1) is 0 Å². The molecular weight excluding hydrogens is 436 g/mol. The first-order valence-corrected chi connectivity index (χ1v) is 11.4. The van der Waals surface area contributed by atoms with E-state index < -0.39 is 18.1 Å². The molecule has 178 valence electrons. The van der Waals surface area contributed by atoms with E-state index in [-0.39, 0.29) is 6.61 Å². The number of aromatic nitrogens is 1. The number of alkyl carbamates (subject to hydrolysis) is 1. The number of methoxy groups -OCH3 is 1. The lowest BCUT2D eigenvalue weighted by Gasteiger charge is -2.12. The summed E-state index contributed by atoms with van der Waals surface area (Å²) >= 11 is 0. The SMILES string of the molecule is COc1cc(CCCCCC2NC(=O)OC2=O)ccc1OCc1nc(-c2ccccc2)oc1C. The topological polar surface area (TPSA) is 99.9 Å². The Morgan fingerprint density at radius 1 is 1.03 bits per heavy atom. The third kappa shape index (κ3) is 5.75. The van der Waals surface area contributed by atoms with Crippen molar-refractivity contribution in [3.8, 4) is 23.0 Å². The van der Waals surface area contributed by atoms with Crippen LogP contribution in [0.25, 0.3) is 11.5 Å². The molecule has 3 aromatic rings. The van der Waals surface area contributed by atoms with Gasteiger partial charge in [-0.3, -0.25) is 0 Å². The zero-order valence-corrected chi connectivity index (χ0v) is 19.3. The number of carbonyl (C=O) groups is 2. The molecule has 0 radical (unpaired) electrons. The molecule has 0 spiro atoms. The Morgan fingerprint density at radius 3 is 2.59 bits per heavy atom. The zero-order chi connectivity index (χ0) is 23.9. The van der Waals surface area contributed by atoms with Gasteiger partial charge in [0, 0.05) is 5.56 Å². The smallest absolute Gasteiger partial charge is 0.415 e. The van der Waals surface area contributed by atoms with Gasteiger partial charge >= 0.3 is 12.1 Å². The molecule has 1 fully saturated rings. The Balaban J connectivity index is 1.27. The fraction of sp³-hybridized carbons (Fsp3) is 0.346. The molecule has 1 aliphatic rings. The number of nitrogens with zero attached hydrogens (tertiary/aromatic N) is 1. The van der Waals surface area contributed by atoms with Crippen molar-refractivity contribution in [3.63, 3.8) is 0 Å². The second-order valence-electron chi connectivity index (χ2n) is 8.17. The summed E-state index contributed by atoms with van der Waals surface area (Å²) in [4.78, 5) is 27.1. The van der Waals surface area contributed by atoms with Crippen LogP contribution in [0.1, 0.15) is 42.7 Å². The van der Waals surface area contributed by atoms with Crippen molar-refractivity contribution in [2.75, 3.05) is 7.11 Å². The fourth-order valence-corrected chi connectivity index (χ4v) is 3.84. The lowest BCUT2D eigenvalue weighted by Crippen LogP contribution is -2.28. The highest BCUT2D eigenvalue weighted by atomic mass is 16.6. The molecule has 1 amide bonds. The molecule has 0 bridgehead atoms. The molecule has 2 aromatic carbocycles. The molecule has 34 heavy (non-hydrogen) atoms. The van der Waals surface area contributed by atoms with E-state index in [2.05, 4.69) is 15.0 Å². The van der Waals surface area contributed by atoms with Crippen molar-refractivity contribution in [1.29, 1.82) is 0 Å². The van der Waals surface area contributed by atoms with Gasteiger partial charge in [-0.2, -0.15) is 0 Å². The average molecular weight is 465 g/mol. The van der Waals surface area contributed by atoms with E-state index in [0.717, 1.165) is 48.3 Å². The van der Waals surface area contributed by atoms with Crippen molar-refractivity contribution < 1.29 is 28.2 Å². The number of cyclic esters (lactones) is 2.